The van der Waals surface area contributed by atoms with Gasteiger partial charge in [0.25, 0.3) is 0 Å². The maximum Gasteiger partial charge on any atom is 0.203 e. The molecule has 1 aliphatic rings. The van der Waals surface area contributed by atoms with Crippen LogP contribution in [0.4, 0.5) is 11.5 Å². The van der Waals surface area contributed by atoms with E-state index in [0.29, 0.717) is 11.7 Å². The molecule has 3 aromatic heterocycles. The summed E-state index contributed by atoms with van der Waals surface area (Å²) in [7, 11) is 0. The molecule has 6 nitrogen and oxygen atoms in total. The van der Waals surface area contributed by atoms with E-state index in [4.69, 9.17) is 11.6 Å². The minimum atomic E-state index is 0.414. The molecule has 0 aliphatic carbocycles. The van der Waals surface area contributed by atoms with E-state index in [1.54, 1.807) is 18.5 Å². The van der Waals surface area contributed by atoms with Gasteiger partial charge in [-0.15, -0.1) is 0 Å². The standard InChI is InChI=1S/C18H18N6/c1-19-14-7-8-18-21-11-16(24(18)12-14)15-5-2-6-17(23-15)22-13-4-3-9-20-10-13/h2,5-8,11-13,20H,3-4,9-10H2,(H,22,23). The maximum absolute atomic E-state index is 7.18. The van der Waals surface area contributed by atoms with Crippen LogP contribution in [0.5, 0.6) is 0 Å². The van der Waals surface area contributed by atoms with E-state index in [-0.39, 0.29) is 0 Å². The molecular weight excluding hydrogens is 300 g/mol. The fourth-order valence-corrected chi connectivity index (χ4v) is 3.07. The molecule has 24 heavy (non-hydrogen) atoms. The summed E-state index contributed by atoms with van der Waals surface area (Å²) in [5.74, 6) is 0.873. The second kappa shape index (κ2) is 6.30. The van der Waals surface area contributed by atoms with Gasteiger partial charge < -0.3 is 15.0 Å². The van der Waals surface area contributed by atoms with Crippen molar-refractivity contribution >= 4 is 17.2 Å². The van der Waals surface area contributed by atoms with Crippen LogP contribution >= 0.6 is 0 Å². The second-order valence-electron chi connectivity index (χ2n) is 5.97. The van der Waals surface area contributed by atoms with Gasteiger partial charge in [-0.3, -0.25) is 0 Å². The maximum atomic E-state index is 7.18. The lowest BCUT2D eigenvalue weighted by molar-refractivity contribution is 0.479. The van der Waals surface area contributed by atoms with E-state index < -0.39 is 0 Å². The van der Waals surface area contributed by atoms with Crippen molar-refractivity contribution in [1.82, 2.24) is 19.7 Å². The molecule has 1 aliphatic heterocycles. The average molecular weight is 318 g/mol. The molecular formula is C18H18N6. The summed E-state index contributed by atoms with van der Waals surface area (Å²) in [5.41, 5.74) is 3.14. The fourth-order valence-electron chi connectivity index (χ4n) is 3.07. The molecule has 1 unspecified atom stereocenters. The lowest BCUT2D eigenvalue weighted by Gasteiger charge is -2.24. The van der Waals surface area contributed by atoms with Crippen molar-refractivity contribution in [2.24, 2.45) is 0 Å². The fraction of sp³-hybridized carbons (Fsp3) is 0.278. The quantitative estimate of drug-likeness (QED) is 0.729. The van der Waals surface area contributed by atoms with Crippen LogP contribution in [0.3, 0.4) is 0 Å². The number of rotatable bonds is 3. The van der Waals surface area contributed by atoms with E-state index in [1.165, 1.54) is 6.42 Å². The van der Waals surface area contributed by atoms with Gasteiger partial charge in [0.2, 0.25) is 5.69 Å². The summed E-state index contributed by atoms with van der Waals surface area (Å²) >= 11 is 0. The third kappa shape index (κ3) is 2.82. The van der Waals surface area contributed by atoms with Crippen LogP contribution in [0, 0.1) is 6.57 Å². The number of nitrogens with zero attached hydrogens (tertiary/aromatic N) is 4. The van der Waals surface area contributed by atoms with Crippen molar-refractivity contribution in [3.63, 3.8) is 0 Å². The number of nitrogens with one attached hydrogen (secondary N) is 2. The van der Waals surface area contributed by atoms with E-state index >= 15 is 0 Å². The lowest BCUT2D eigenvalue weighted by atomic mass is 10.1. The first-order valence-corrected chi connectivity index (χ1v) is 8.13. The van der Waals surface area contributed by atoms with Crippen LogP contribution in [0.25, 0.3) is 21.9 Å². The highest BCUT2D eigenvalue weighted by Crippen LogP contribution is 2.23. The molecule has 0 saturated carbocycles. The van der Waals surface area contributed by atoms with Crippen LogP contribution < -0.4 is 10.6 Å². The number of hydrogen-bond donors (Lipinski definition) is 2. The third-order valence-corrected chi connectivity index (χ3v) is 4.28. The highest BCUT2D eigenvalue weighted by molar-refractivity contribution is 5.64. The first kappa shape index (κ1) is 14.7. The Morgan fingerprint density at radius 2 is 2.25 bits per heavy atom. The Morgan fingerprint density at radius 3 is 3.08 bits per heavy atom. The molecule has 0 aromatic carbocycles. The zero-order valence-corrected chi connectivity index (χ0v) is 13.2. The molecule has 0 amide bonds. The molecule has 120 valence electrons. The Balaban J connectivity index is 1.67. The highest BCUT2D eigenvalue weighted by Gasteiger charge is 2.14. The summed E-state index contributed by atoms with van der Waals surface area (Å²) in [6.07, 6.45) is 5.95. The molecule has 2 N–H and O–H groups in total. The van der Waals surface area contributed by atoms with Gasteiger partial charge in [0.05, 0.1) is 24.2 Å². The van der Waals surface area contributed by atoms with Crippen molar-refractivity contribution in [3.8, 4) is 11.4 Å². The first-order chi connectivity index (χ1) is 11.8. The van der Waals surface area contributed by atoms with Gasteiger partial charge in [0, 0.05) is 18.8 Å². The zero-order chi connectivity index (χ0) is 16.4. The molecule has 1 fully saturated rings. The predicted molar refractivity (Wildman–Crippen MR) is 94.2 cm³/mol. The summed E-state index contributed by atoms with van der Waals surface area (Å²) in [6, 6.07) is 10.0. The topological polar surface area (TPSA) is 58.6 Å². The molecule has 3 aromatic rings. The molecule has 0 spiro atoms. The number of anilines is 1. The smallest absolute Gasteiger partial charge is 0.203 e. The van der Waals surface area contributed by atoms with Crippen molar-refractivity contribution in [2.45, 2.75) is 18.9 Å². The number of piperidine rings is 1. The van der Waals surface area contributed by atoms with Crippen molar-refractivity contribution < 1.29 is 0 Å². The molecule has 1 saturated heterocycles. The Hall–Kier alpha value is -2.91. The Labute approximate surface area is 140 Å². The van der Waals surface area contributed by atoms with Gasteiger partial charge in [-0.1, -0.05) is 12.1 Å². The lowest BCUT2D eigenvalue weighted by Crippen LogP contribution is -2.38. The van der Waals surface area contributed by atoms with Gasteiger partial charge in [-0.2, -0.15) is 0 Å². The zero-order valence-electron chi connectivity index (χ0n) is 13.2. The number of hydrogen-bond acceptors (Lipinski definition) is 4. The SMILES string of the molecule is [C-]#[N+]c1ccc2ncc(-c3cccc(NC4CCCNC4)n3)n2c1. The van der Waals surface area contributed by atoms with Crippen molar-refractivity contribution in [2.75, 3.05) is 18.4 Å². The Bertz CT molecular complexity index is 901. The summed E-state index contributed by atoms with van der Waals surface area (Å²) in [6.45, 7) is 9.25. The van der Waals surface area contributed by atoms with Crippen molar-refractivity contribution in [1.29, 1.82) is 0 Å². The van der Waals surface area contributed by atoms with Crippen molar-refractivity contribution in [3.05, 3.63) is 54.1 Å². The molecule has 4 heterocycles. The van der Waals surface area contributed by atoms with Gasteiger partial charge in [0.15, 0.2) is 0 Å². The van der Waals surface area contributed by atoms with Crippen LogP contribution in [0.1, 0.15) is 12.8 Å². The number of aromatic nitrogens is 3. The molecule has 0 radical (unpaired) electrons. The average Bonchev–Trinajstić information content (AvgIpc) is 3.06. The normalized spacial score (nSPS) is 17.5. The van der Waals surface area contributed by atoms with E-state index in [2.05, 4.69) is 20.5 Å². The summed E-state index contributed by atoms with van der Waals surface area (Å²) < 4.78 is 1.92. The predicted octanol–water partition coefficient (Wildman–Crippen LogP) is 3.11. The molecule has 1 atom stereocenters. The number of imidazole rings is 1. The molecule has 0 bridgehead atoms. The minimum absolute atomic E-state index is 0.414. The van der Waals surface area contributed by atoms with Gasteiger partial charge in [-0.25, -0.2) is 14.8 Å². The molecule has 6 heteroatoms. The summed E-state index contributed by atoms with van der Waals surface area (Å²) in [4.78, 5) is 12.6. The van der Waals surface area contributed by atoms with E-state index in [1.807, 2.05) is 28.7 Å². The van der Waals surface area contributed by atoms with E-state index in [0.717, 1.165) is 42.4 Å². The second-order valence-corrected chi connectivity index (χ2v) is 5.97. The number of pyridine rings is 2. The van der Waals surface area contributed by atoms with Gasteiger partial charge in [0.1, 0.15) is 11.5 Å². The highest BCUT2D eigenvalue weighted by atomic mass is 15.1. The summed E-state index contributed by atoms with van der Waals surface area (Å²) in [5, 5.41) is 6.90. The third-order valence-electron chi connectivity index (χ3n) is 4.28. The monoisotopic (exact) mass is 318 g/mol. The van der Waals surface area contributed by atoms with Crippen LogP contribution in [-0.4, -0.2) is 33.5 Å². The Kier molecular flexibility index (Phi) is 3.85. The van der Waals surface area contributed by atoms with Gasteiger partial charge in [-0.05, 0) is 37.6 Å². The van der Waals surface area contributed by atoms with E-state index in [9.17, 15) is 0 Å². The first-order valence-electron chi connectivity index (χ1n) is 8.13. The minimum Gasteiger partial charge on any atom is -0.366 e. The van der Waals surface area contributed by atoms with Crippen LogP contribution in [-0.2, 0) is 0 Å². The largest absolute Gasteiger partial charge is 0.366 e. The van der Waals surface area contributed by atoms with Crippen LogP contribution in [0.2, 0.25) is 0 Å². The Morgan fingerprint density at radius 1 is 1.29 bits per heavy atom. The van der Waals surface area contributed by atoms with Crippen LogP contribution in [0.15, 0.2) is 42.7 Å². The number of fused-ring (bicyclic) bond motifs is 1. The molecule has 4 rings (SSSR count). The van der Waals surface area contributed by atoms with Gasteiger partial charge >= 0.3 is 0 Å².